The Morgan fingerprint density at radius 1 is 0.913 bits per heavy atom. The Morgan fingerprint density at radius 2 is 1.48 bits per heavy atom. The zero-order valence-electron chi connectivity index (χ0n) is 23.3. The molecule has 0 radical (unpaired) electrons. The molecule has 3 aromatic rings. The van der Waals surface area contributed by atoms with Crippen molar-refractivity contribution in [2.45, 2.75) is 43.9 Å². The number of halogens is 10. The minimum atomic E-state index is -6.61. The van der Waals surface area contributed by atoms with Gasteiger partial charge in [0.15, 0.2) is 11.5 Å². The van der Waals surface area contributed by atoms with Gasteiger partial charge in [0.05, 0.1) is 29.2 Å². The molecule has 248 valence electrons. The molecule has 0 aromatic heterocycles. The standard InChI is InChI=1S/C29H21ClF9NO6/c1-3-16(22(41)13-7-9-14(10-8-13)25(43)44)17-5-4-6-18(23(17)45-2)24(42)40-21-19(30)11-15(12-20(21)46-26(31)32)27(33,28(34,35)36)29(37,38)39/h4-12,16,26H,3H2,1-2H3,(H,40,42)(H,43,44). The number of carbonyl (C=O) groups excluding carboxylic acids is 2. The summed E-state index contributed by atoms with van der Waals surface area (Å²) in [5, 5.41) is 9.83. The summed E-state index contributed by atoms with van der Waals surface area (Å²) in [6, 6.07) is 8.33. The largest absolute Gasteiger partial charge is 0.496 e. The average Bonchev–Trinajstić information content (AvgIpc) is 2.96. The third-order valence-corrected chi connectivity index (χ3v) is 7.00. The number of ketones is 1. The summed E-state index contributed by atoms with van der Waals surface area (Å²) in [5.41, 5.74) is -9.57. The number of Topliss-reactive ketones (excluding diaryl/α,β-unsaturated/α-hetero) is 1. The Morgan fingerprint density at radius 3 is 1.96 bits per heavy atom. The predicted molar refractivity (Wildman–Crippen MR) is 145 cm³/mol. The highest BCUT2D eigenvalue weighted by molar-refractivity contribution is 6.34. The second-order valence-electron chi connectivity index (χ2n) is 9.45. The van der Waals surface area contributed by atoms with Crippen LogP contribution in [-0.4, -0.2) is 48.8 Å². The van der Waals surface area contributed by atoms with E-state index in [0.717, 1.165) is 13.2 Å². The molecule has 0 bridgehead atoms. The Balaban J connectivity index is 2.09. The van der Waals surface area contributed by atoms with Gasteiger partial charge in [0, 0.05) is 16.7 Å². The van der Waals surface area contributed by atoms with Crippen LogP contribution in [0.1, 0.15) is 61.5 Å². The molecule has 2 N–H and O–H groups in total. The fourth-order valence-corrected chi connectivity index (χ4v) is 4.78. The first-order chi connectivity index (χ1) is 21.3. The highest BCUT2D eigenvalue weighted by Crippen LogP contribution is 2.55. The second kappa shape index (κ2) is 13.5. The third-order valence-electron chi connectivity index (χ3n) is 6.70. The molecular formula is C29H21ClF9NO6. The predicted octanol–water partition coefficient (Wildman–Crippen LogP) is 8.57. The van der Waals surface area contributed by atoms with Crippen LogP contribution in [-0.2, 0) is 5.67 Å². The maximum absolute atomic E-state index is 14.7. The number of amides is 1. The molecule has 1 unspecified atom stereocenters. The number of hydrogen-bond donors (Lipinski definition) is 2. The van der Waals surface area contributed by atoms with Gasteiger partial charge >= 0.3 is 30.6 Å². The van der Waals surface area contributed by atoms with Crippen LogP contribution < -0.4 is 14.8 Å². The van der Waals surface area contributed by atoms with E-state index in [1.807, 2.05) is 5.32 Å². The number of nitrogens with one attached hydrogen (secondary N) is 1. The molecule has 0 fully saturated rings. The van der Waals surface area contributed by atoms with Gasteiger partial charge in [-0.3, -0.25) is 9.59 Å². The first-order valence-electron chi connectivity index (χ1n) is 12.7. The summed E-state index contributed by atoms with van der Waals surface area (Å²) in [4.78, 5) is 37.8. The van der Waals surface area contributed by atoms with Crippen molar-refractivity contribution in [3.05, 3.63) is 87.4 Å². The molecule has 7 nitrogen and oxygen atoms in total. The number of para-hydroxylation sites is 1. The molecule has 0 spiro atoms. The van der Waals surface area contributed by atoms with Gasteiger partial charge in [0.25, 0.3) is 5.91 Å². The number of anilines is 1. The third kappa shape index (κ3) is 7.00. The second-order valence-corrected chi connectivity index (χ2v) is 9.86. The molecule has 3 rings (SSSR count). The van der Waals surface area contributed by atoms with E-state index in [2.05, 4.69) is 4.74 Å². The Hall–Kier alpha value is -4.47. The molecule has 0 heterocycles. The summed E-state index contributed by atoms with van der Waals surface area (Å²) in [5.74, 6) is -5.73. The molecule has 46 heavy (non-hydrogen) atoms. The number of aromatic carboxylic acids is 1. The van der Waals surface area contributed by atoms with Crippen molar-refractivity contribution < 1.29 is 68.5 Å². The number of ether oxygens (including phenoxy) is 2. The van der Waals surface area contributed by atoms with Crippen LogP contribution in [0.4, 0.5) is 45.2 Å². The van der Waals surface area contributed by atoms with Gasteiger partial charge in [-0.05, 0) is 36.8 Å². The number of carbonyl (C=O) groups is 3. The van der Waals surface area contributed by atoms with Crippen LogP contribution in [0.2, 0.25) is 5.02 Å². The fraction of sp³-hybridized carbons (Fsp3) is 0.276. The molecule has 0 saturated carbocycles. The van der Waals surface area contributed by atoms with Crippen LogP contribution in [0, 0.1) is 0 Å². The van der Waals surface area contributed by atoms with Crippen molar-refractivity contribution in [3.63, 3.8) is 0 Å². The smallest absolute Gasteiger partial charge is 0.435 e. The lowest BCUT2D eigenvalue weighted by atomic mass is 9.86. The molecule has 0 saturated heterocycles. The Labute approximate surface area is 258 Å². The lowest BCUT2D eigenvalue weighted by Crippen LogP contribution is -2.50. The number of alkyl halides is 9. The van der Waals surface area contributed by atoms with Crippen molar-refractivity contribution in [2.24, 2.45) is 0 Å². The van der Waals surface area contributed by atoms with Crippen LogP contribution in [0.25, 0.3) is 0 Å². The molecule has 17 heteroatoms. The monoisotopic (exact) mass is 685 g/mol. The van der Waals surface area contributed by atoms with E-state index < -0.39 is 70.2 Å². The molecule has 1 atom stereocenters. The highest BCUT2D eigenvalue weighted by atomic mass is 35.5. The van der Waals surface area contributed by atoms with Gasteiger partial charge in [0.2, 0.25) is 0 Å². The fourth-order valence-electron chi connectivity index (χ4n) is 4.52. The summed E-state index contributed by atoms with van der Waals surface area (Å²) in [7, 11) is 1.11. The minimum absolute atomic E-state index is 0.0863. The Bertz CT molecular complexity index is 1610. The Kier molecular flexibility index (Phi) is 10.6. The minimum Gasteiger partial charge on any atom is -0.496 e. The van der Waals surface area contributed by atoms with Crippen molar-refractivity contribution >= 4 is 34.9 Å². The SMILES string of the molecule is CCC(C(=O)c1ccc(C(=O)O)cc1)c1cccc(C(=O)Nc2c(Cl)cc(C(F)(C(F)(F)F)C(F)(F)F)cc2OC(F)F)c1OC. The van der Waals surface area contributed by atoms with Crippen LogP contribution in [0.15, 0.2) is 54.6 Å². The topological polar surface area (TPSA) is 102 Å². The van der Waals surface area contributed by atoms with Gasteiger partial charge < -0.3 is 19.9 Å². The molecule has 0 aliphatic heterocycles. The summed E-state index contributed by atoms with van der Waals surface area (Å²) < 4.78 is 130. The quantitative estimate of drug-likeness (QED) is 0.155. The number of carboxylic acid groups (broad SMARTS) is 1. The average molecular weight is 686 g/mol. The molecule has 0 aliphatic rings. The van der Waals surface area contributed by atoms with Crippen LogP contribution in [0.3, 0.4) is 0 Å². The van der Waals surface area contributed by atoms with Gasteiger partial charge in [-0.2, -0.15) is 35.1 Å². The van der Waals surface area contributed by atoms with E-state index in [-0.39, 0.29) is 46.6 Å². The first kappa shape index (κ1) is 36.0. The van der Waals surface area contributed by atoms with Crippen molar-refractivity contribution in [1.82, 2.24) is 0 Å². The van der Waals surface area contributed by atoms with Crippen molar-refractivity contribution in [3.8, 4) is 11.5 Å². The maximum Gasteiger partial charge on any atom is 0.435 e. The molecular weight excluding hydrogens is 665 g/mol. The molecule has 1 amide bonds. The normalized spacial score (nSPS) is 12.9. The molecule has 3 aromatic carbocycles. The van der Waals surface area contributed by atoms with E-state index in [4.69, 9.17) is 21.4 Å². The van der Waals surface area contributed by atoms with Crippen molar-refractivity contribution in [1.29, 1.82) is 0 Å². The van der Waals surface area contributed by atoms with E-state index >= 15 is 0 Å². The highest BCUT2D eigenvalue weighted by Gasteiger charge is 2.73. The van der Waals surface area contributed by atoms with Gasteiger partial charge in [-0.25, -0.2) is 9.18 Å². The van der Waals surface area contributed by atoms with E-state index in [1.54, 1.807) is 6.92 Å². The summed E-state index contributed by atoms with van der Waals surface area (Å²) >= 11 is 5.82. The number of benzene rings is 3. The van der Waals surface area contributed by atoms with Gasteiger partial charge in [0.1, 0.15) is 11.4 Å². The number of rotatable bonds is 11. The van der Waals surface area contributed by atoms with Crippen LogP contribution >= 0.6 is 11.6 Å². The maximum atomic E-state index is 14.7. The van der Waals surface area contributed by atoms with Crippen LogP contribution in [0.5, 0.6) is 11.5 Å². The lowest BCUT2D eigenvalue weighted by Gasteiger charge is -2.31. The van der Waals surface area contributed by atoms with Gasteiger partial charge in [-0.1, -0.05) is 42.8 Å². The summed E-state index contributed by atoms with van der Waals surface area (Å²) in [6.07, 6.45) is -13.1. The number of carboxylic acids is 1. The zero-order chi connectivity index (χ0) is 34.8. The number of hydrogen-bond acceptors (Lipinski definition) is 5. The van der Waals surface area contributed by atoms with Crippen molar-refractivity contribution in [2.75, 3.05) is 12.4 Å². The zero-order valence-corrected chi connectivity index (χ0v) is 24.1. The van der Waals surface area contributed by atoms with E-state index in [9.17, 15) is 53.9 Å². The van der Waals surface area contributed by atoms with E-state index in [1.165, 1.54) is 36.4 Å². The first-order valence-corrected chi connectivity index (χ1v) is 13.1. The number of methoxy groups -OCH3 is 1. The van der Waals surface area contributed by atoms with E-state index in [0.29, 0.717) is 0 Å². The van der Waals surface area contributed by atoms with Gasteiger partial charge in [-0.15, -0.1) is 0 Å². The lowest BCUT2D eigenvalue weighted by molar-refractivity contribution is -0.348. The molecule has 0 aliphatic carbocycles. The summed E-state index contributed by atoms with van der Waals surface area (Å²) in [6.45, 7) is -2.26.